The first-order valence-electron chi connectivity index (χ1n) is 8.41. The van der Waals surface area contributed by atoms with Crippen molar-refractivity contribution in [2.24, 2.45) is 0 Å². The molecule has 3 rings (SSSR count). The number of phenolic OH excluding ortho intramolecular Hbond substituents is 2. The Hall–Kier alpha value is -3.19. The molecule has 0 spiro atoms. The number of phenols is 2. The number of carbonyl (C=O) groups excluding carboxylic acids is 1. The second-order valence-corrected chi connectivity index (χ2v) is 7.18. The van der Waals surface area contributed by atoms with Crippen molar-refractivity contribution in [3.63, 3.8) is 0 Å². The number of nitrogens with zero attached hydrogens (tertiary/aromatic N) is 1. The highest BCUT2D eigenvalue weighted by molar-refractivity contribution is 8.00. The van der Waals surface area contributed by atoms with E-state index in [1.54, 1.807) is 50.5 Å². The van der Waals surface area contributed by atoms with Gasteiger partial charge in [0.1, 0.15) is 17.3 Å². The van der Waals surface area contributed by atoms with Gasteiger partial charge in [0.05, 0.1) is 10.6 Å². The summed E-state index contributed by atoms with van der Waals surface area (Å²) in [6.07, 6.45) is 0. The molecule has 0 atom stereocenters. The number of hydrogen-bond donors (Lipinski definition) is 3. The monoisotopic (exact) mass is 398 g/mol. The van der Waals surface area contributed by atoms with Crippen LogP contribution < -0.4 is 4.72 Å². The second kappa shape index (κ2) is 8.22. The smallest absolute Gasteiger partial charge is 0.253 e. The molecule has 0 heterocycles. The topological polar surface area (TPSA) is 72.8 Å². The first kappa shape index (κ1) is 19.6. The van der Waals surface area contributed by atoms with Gasteiger partial charge in [0.25, 0.3) is 5.91 Å². The lowest BCUT2D eigenvalue weighted by Gasteiger charge is -2.12. The average molecular weight is 398 g/mol. The van der Waals surface area contributed by atoms with Crippen LogP contribution in [0.1, 0.15) is 10.4 Å². The maximum atomic E-state index is 13.8. The minimum Gasteiger partial charge on any atom is -0.508 e. The van der Waals surface area contributed by atoms with E-state index in [-0.39, 0.29) is 23.1 Å². The van der Waals surface area contributed by atoms with Gasteiger partial charge < -0.3 is 19.8 Å². The Labute approximate surface area is 166 Å². The molecule has 3 aromatic rings. The van der Waals surface area contributed by atoms with E-state index >= 15 is 0 Å². The number of anilines is 1. The van der Waals surface area contributed by atoms with Crippen molar-refractivity contribution in [2.75, 3.05) is 18.8 Å². The molecule has 0 aliphatic heterocycles. The summed E-state index contributed by atoms with van der Waals surface area (Å²) < 4.78 is 16.6. The Morgan fingerprint density at radius 2 is 1.75 bits per heavy atom. The molecule has 144 valence electrons. The maximum Gasteiger partial charge on any atom is 0.253 e. The van der Waals surface area contributed by atoms with Crippen molar-refractivity contribution in [1.82, 2.24) is 4.90 Å². The van der Waals surface area contributed by atoms with Crippen LogP contribution in [0.15, 0.2) is 65.6 Å². The van der Waals surface area contributed by atoms with Crippen LogP contribution >= 0.6 is 11.9 Å². The molecule has 3 N–H and O–H groups in total. The van der Waals surface area contributed by atoms with Gasteiger partial charge in [-0.1, -0.05) is 18.2 Å². The third kappa shape index (κ3) is 4.37. The number of nitrogens with one attached hydrogen (secondary N) is 1. The summed E-state index contributed by atoms with van der Waals surface area (Å²) >= 11 is 1.02. The molecule has 0 fully saturated rings. The Morgan fingerprint density at radius 3 is 2.50 bits per heavy atom. The number of halogens is 1. The van der Waals surface area contributed by atoms with Crippen LogP contribution in [0.2, 0.25) is 0 Å². The Bertz CT molecular complexity index is 1020. The third-order valence-corrected chi connectivity index (χ3v) is 4.90. The van der Waals surface area contributed by atoms with E-state index in [0.717, 1.165) is 29.1 Å². The van der Waals surface area contributed by atoms with Crippen LogP contribution in [-0.2, 0) is 0 Å². The second-order valence-electron chi connectivity index (χ2n) is 6.33. The lowest BCUT2D eigenvalue weighted by molar-refractivity contribution is 0.0827. The quantitative estimate of drug-likeness (QED) is 0.542. The van der Waals surface area contributed by atoms with Gasteiger partial charge in [-0.25, -0.2) is 4.39 Å². The molecule has 28 heavy (non-hydrogen) atoms. The molecule has 0 unspecified atom stereocenters. The molecular weight excluding hydrogens is 379 g/mol. The van der Waals surface area contributed by atoms with Gasteiger partial charge in [0.15, 0.2) is 0 Å². The molecule has 0 bridgehead atoms. The van der Waals surface area contributed by atoms with Crippen molar-refractivity contribution >= 4 is 23.5 Å². The molecule has 0 aromatic heterocycles. The predicted molar refractivity (Wildman–Crippen MR) is 109 cm³/mol. The van der Waals surface area contributed by atoms with E-state index in [4.69, 9.17) is 0 Å². The van der Waals surface area contributed by atoms with E-state index in [9.17, 15) is 19.4 Å². The standard InChI is InChI=1S/C21H19FN2O3S/c1-24(2)21(27)15-5-3-4-13(10-15)14-6-9-19(26)20(11-14)28-23-18-12-16(25)7-8-17(18)22/h3-12,23,25-26H,1-2H3. The van der Waals surface area contributed by atoms with Crippen LogP contribution in [-0.4, -0.2) is 35.1 Å². The molecule has 7 heteroatoms. The predicted octanol–water partition coefficient (Wildman–Crippen LogP) is 4.72. The lowest BCUT2D eigenvalue weighted by Crippen LogP contribution is -2.21. The van der Waals surface area contributed by atoms with Gasteiger partial charge in [-0.05, 0) is 59.5 Å². The highest BCUT2D eigenvalue weighted by Crippen LogP contribution is 2.35. The lowest BCUT2D eigenvalue weighted by atomic mass is 10.0. The fourth-order valence-electron chi connectivity index (χ4n) is 2.57. The molecule has 1 amide bonds. The zero-order valence-electron chi connectivity index (χ0n) is 15.3. The SMILES string of the molecule is CN(C)C(=O)c1cccc(-c2ccc(O)c(SNc3cc(O)ccc3F)c2)c1. The van der Waals surface area contributed by atoms with Gasteiger partial charge in [-0.3, -0.25) is 4.79 Å². The molecule has 3 aromatic carbocycles. The molecule has 0 aliphatic carbocycles. The van der Waals surface area contributed by atoms with Gasteiger partial charge >= 0.3 is 0 Å². The summed E-state index contributed by atoms with van der Waals surface area (Å²) in [6.45, 7) is 0. The van der Waals surface area contributed by atoms with Crippen molar-refractivity contribution in [2.45, 2.75) is 4.90 Å². The average Bonchev–Trinajstić information content (AvgIpc) is 2.69. The molecule has 0 saturated heterocycles. The number of carbonyl (C=O) groups is 1. The fraction of sp³-hybridized carbons (Fsp3) is 0.0952. The Morgan fingerprint density at radius 1 is 1.00 bits per heavy atom. The highest BCUT2D eigenvalue weighted by Gasteiger charge is 2.11. The van der Waals surface area contributed by atoms with Crippen LogP contribution in [0.25, 0.3) is 11.1 Å². The summed E-state index contributed by atoms with van der Waals surface area (Å²) in [5.41, 5.74) is 2.28. The normalized spacial score (nSPS) is 10.5. The minimum absolute atomic E-state index is 0.0299. The zero-order valence-corrected chi connectivity index (χ0v) is 16.1. The molecule has 5 nitrogen and oxygen atoms in total. The number of aromatic hydroxyl groups is 2. The van der Waals surface area contributed by atoms with E-state index in [2.05, 4.69) is 4.72 Å². The van der Waals surface area contributed by atoms with E-state index in [1.165, 1.54) is 17.0 Å². The van der Waals surface area contributed by atoms with E-state index in [0.29, 0.717) is 10.5 Å². The van der Waals surface area contributed by atoms with Crippen LogP contribution in [0.4, 0.5) is 10.1 Å². The van der Waals surface area contributed by atoms with Gasteiger partial charge in [0, 0.05) is 25.7 Å². The van der Waals surface area contributed by atoms with Gasteiger partial charge in [-0.2, -0.15) is 0 Å². The summed E-state index contributed by atoms with van der Waals surface area (Å²) in [4.78, 5) is 14.2. The van der Waals surface area contributed by atoms with E-state index < -0.39 is 5.82 Å². The van der Waals surface area contributed by atoms with Crippen molar-refractivity contribution < 1.29 is 19.4 Å². The number of rotatable bonds is 5. The van der Waals surface area contributed by atoms with Gasteiger partial charge in [0.2, 0.25) is 0 Å². The molecule has 0 aliphatic rings. The van der Waals surface area contributed by atoms with Crippen molar-refractivity contribution in [1.29, 1.82) is 0 Å². The summed E-state index contributed by atoms with van der Waals surface area (Å²) in [5, 5.41) is 19.6. The number of benzene rings is 3. The highest BCUT2D eigenvalue weighted by atomic mass is 32.2. The van der Waals surface area contributed by atoms with Crippen LogP contribution in [0.3, 0.4) is 0 Å². The first-order chi connectivity index (χ1) is 13.3. The summed E-state index contributed by atoms with van der Waals surface area (Å²) in [7, 11) is 3.38. The molecule has 0 saturated carbocycles. The van der Waals surface area contributed by atoms with Crippen molar-refractivity contribution in [3.8, 4) is 22.6 Å². The first-order valence-corrected chi connectivity index (χ1v) is 9.23. The molecular formula is C21H19FN2O3S. The third-order valence-electron chi connectivity index (χ3n) is 4.03. The van der Waals surface area contributed by atoms with E-state index in [1.807, 2.05) is 6.07 Å². The summed E-state index contributed by atoms with van der Waals surface area (Å²) in [5.74, 6) is -0.653. The Balaban J connectivity index is 1.86. The Kier molecular flexibility index (Phi) is 5.75. The summed E-state index contributed by atoms with van der Waals surface area (Å²) in [6, 6.07) is 15.9. The van der Waals surface area contributed by atoms with Gasteiger partial charge in [-0.15, -0.1) is 0 Å². The fourth-order valence-corrected chi connectivity index (χ4v) is 3.30. The minimum atomic E-state index is -0.518. The zero-order chi connectivity index (χ0) is 20.3. The number of amides is 1. The molecule has 0 radical (unpaired) electrons. The van der Waals surface area contributed by atoms with Crippen LogP contribution in [0.5, 0.6) is 11.5 Å². The maximum absolute atomic E-state index is 13.8. The largest absolute Gasteiger partial charge is 0.508 e. The van der Waals surface area contributed by atoms with Crippen molar-refractivity contribution in [3.05, 3.63) is 72.0 Å². The van der Waals surface area contributed by atoms with Crippen LogP contribution in [0, 0.1) is 5.82 Å². The number of hydrogen-bond acceptors (Lipinski definition) is 5.